The Labute approximate surface area is 151 Å². The summed E-state index contributed by atoms with van der Waals surface area (Å²) in [4.78, 5) is 16.0. The molecule has 2 aromatic heterocycles. The highest BCUT2D eigenvalue weighted by Crippen LogP contribution is 2.32. The van der Waals surface area contributed by atoms with Crippen LogP contribution in [0.15, 0.2) is 42.0 Å². The topological polar surface area (TPSA) is 57.0 Å². The van der Waals surface area contributed by atoms with E-state index in [1.807, 2.05) is 0 Å². The number of nitrogens with zero attached hydrogens (tertiary/aromatic N) is 3. The molecule has 0 aliphatic rings. The molecule has 136 valence electrons. The van der Waals surface area contributed by atoms with Crippen LogP contribution in [0, 0.1) is 0 Å². The van der Waals surface area contributed by atoms with Crippen molar-refractivity contribution in [2.45, 2.75) is 19.6 Å². The van der Waals surface area contributed by atoms with Crippen LogP contribution in [-0.4, -0.2) is 27.3 Å². The van der Waals surface area contributed by atoms with Gasteiger partial charge in [0.15, 0.2) is 0 Å². The molecule has 0 unspecified atom stereocenters. The fourth-order valence-electron chi connectivity index (χ4n) is 2.28. The van der Waals surface area contributed by atoms with Gasteiger partial charge in [0.1, 0.15) is 5.01 Å². The van der Waals surface area contributed by atoms with Gasteiger partial charge >= 0.3 is 12.1 Å². The lowest BCUT2D eigenvalue weighted by atomic mass is 10.1. The van der Waals surface area contributed by atoms with Crippen LogP contribution in [0.25, 0.3) is 11.3 Å². The van der Waals surface area contributed by atoms with Crippen LogP contribution < -0.4 is 0 Å². The maximum Gasteiger partial charge on any atom is 0.416 e. The molecule has 3 aromatic rings. The molecule has 0 bridgehead atoms. The summed E-state index contributed by atoms with van der Waals surface area (Å²) in [7, 11) is 0. The monoisotopic (exact) mass is 381 g/mol. The summed E-state index contributed by atoms with van der Waals surface area (Å²) in [5, 5.41) is 6.43. The molecule has 9 heteroatoms. The number of benzene rings is 1. The van der Waals surface area contributed by atoms with E-state index in [2.05, 4.69) is 10.1 Å². The second kappa shape index (κ2) is 7.28. The first-order valence-corrected chi connectivity index (χ1v) is 8.56. The minimum Gasteiger partial charge on any atom is -0.462 e. The second-order valence-corrected chi connectivity index (χ2v) is 6.29. The van der Waals surface area contributed by atoms with Crippen LogP contribution in [-0.2, 0) is 17.5 Å². The van der Waals surface area contributed by atoms with Crippen molar-refractivity contribution in [1.82, 2.24) is 14.8 Å². The van der Waals surface area contributed by atoms with Gasteiger partial charge < -0.3 is 4.74 Å². The molecule has 0 aliphatic heterocycles. The molecule has 0 saturated carbocycles. The Morgan fingerprint density at radius 1 is 1.35 bits per heavy atom. The highest BCUT2D eigenvalue weighted by Gasteiger charge is 2.30. The van der Waals surface area contributed by atoms with Gasteiger partial charge in [0, 0.05) is 17.1 Å². The zero-order valence-corrected chi connectivity index (χ0v) is 14.5. The summed E-state index contributed by atoms with van der Waals surface area (Å²) >= 11 is 1.31. The number of carbonyl (C=O) groups excluding carboxylic acids is 1. The van der Waals surface area contributed by atoms with Crippen molar-refractivity contribution < 1.29 is 22.7 Å². The van der Waals surface area contributed by atoms with Gasteiger partial charge in [-0.05, 0) is 19.1 Å². The number of halogens is 3. The lowest BCUT2D eigenvalue weighted by Gasteiger charge is -2.07. The van der Waals surface area contributed by atoms with E-state index in [-0.39, 0.29) is 6.61 Å². The van der Waals surface area contributed by atoms with Crippen molar-refractivity contribution in [2.24, 2.45) is 0 Å². The van der Waals surface area contributed by atoms with Crippen LogP contribution in [0.3, 0.4) is 0 Å². The maximum absolute atomic E-state index is 12.8. The molecule has 26 heavy (non-hydrogen) atoms. The molecular formula is C17H14F3N3O2S. The van der Waals surface area contributed by atoms with E-state index >= 15 is 0 Å². The molecule has 0 aliphatic carbocycles. The average molecular weight is 381 g/mol. The van der Waals surface area contributed by atoms with E-state index in [9.17, 15) is 18.0 Å². The predicted octanol–water partition coefficient (Wildman–Crippen LogP) is 4.25. The highest BCUT2D eigenvalue weighted by molar-refractivity contribution is 7.09. The molecule has 5 nitrogen and oxygen atoms in total. The van der Waals surface area contributed by atoms with Gasteiger partial charge in [0.05, 0.1) is 36.2 Å². The van der Waals surface area contributed by atoms with Crippen LogP contribution in [0.1, 0.15) is 27.9 Å². The fourth-order valence-corrected chi connectivity index (χ4v) is 3.07. The van der Waals surface area contributed by atoms with Gasteiger partial charge in [0.25, 0.3) is 0 Å². The minimum atomic E-state index is -4.40. The van der Waals surface area contributed by atoms with Crippen LogP contribution in [0.2, 0.25) is 0 Å². The number of carbonyl (C=O) groups is 1. The number of esters is 1. The van der Waals surface area contributed by atoms with Crippen LogP contribution in [0.4, 0.5) is 13.2 Å². The SMILES string of the molecule is CCOC(=O)c1cnn(Cc2nc(-c3cccc(C(F)(F)F)c3)cs2)c1. The Kier molecular flexibility index (Phi) is 5.08. The molecule has 3 rings (SSSR count). The largest absolute Gasteiger partial charge is 0.462 e. The molecule has 0 fully saturated rings. The Hall–Kier alpha value is -2.68. The lowest BCUT2D eigenvalue weighted by molar-refractivity contribution is -0.137. The van der Waals surface area contributed by atoms with Crippen LogP contribution >= 0.6 is 11.3 Å². The molecule has 0 N–H and O–H groups in total. The van der Waals surface area contributed by atoms with Crippen molar-refractivity contribution in [2.75, 3.05) is 6.61 Å². The van der Waals surface area contributed by atoms with Crippen molar-refractivity contribution in [3.63, 3.8) is 0 Å². The molecule has 0 spiro atoms. The quantitative estimate of drug-likeness (QED) is 0.620. The summed E-state index contributed by atoms with van der Waals surface area (Å²) in [6.45, 7) is 2.30. The highest BCUT2D eigenvalue weighted by atomic mass is 32.1. The first kappa shape index (κ1) is 18.1. The zero-order valence-electron chi connectivity index (χ0n) is 13.7. The lowest BCUT2D eigenvalue weighted by Crippen LogP contribution is -2.04. The van der Waals surface area contributed by atoms with Crippen molar-refractivity contribution in [1.29, 1.82) is 0 Å². The molecule has 0 radical (unpaired) electrons. The third kappa shape index (κ3) is 4.10. The number of thiazole rings is 1. The Balaban J connectivity index is 1.76. The van der Waals surface area contributed by atoms with E-state index in [0.717, 1.165) is 12.1 Å². The third-order valence-corrected chi connectivity index (χ3v) is 4.31. The molecule has 0 amide bonds. The summed E-state index contributed by atoms with van der Waals surface area (Å²) in [5.41, 5.74) is 0.487. The van der Waals surface area contributed by atoms with E-state index in [0.29, 0.717) is 28.4 Å². The number of ether oxygens (including phenoxy) is 1. The van der Waals surface area contributed by atoms with E-state index in [1.54, 1.807) is 24.6 Å². The predicted molar refractivity (Wildman–Crippen MR) is 89.8 cm³/mol. The minimum absolute atomic E-state index is 0.275. The number of hydrogen-bond acceptors (Lipinski definition) is 5. The average Bonchev–Trinajstić information content (AvgIpc) is 3.25. The van der Waals surface area contributed by atoms with Gasteiger partial charge in [-0.3, -0.25) is 4.68 Å². The number of rotatable bonds is 5. The van der Waals surface area contributed by atoms with Gasteiger partial charge in [-0.25, -0.2) is 9.78 Å². The van der Waals surface area contributed by atoms with Gasteiger partial charge in [-0.2, -0.15) is 18.3 Å². The Morgan fingerprint density at radius 3 is 2.88 bits per heavy atom. The third-order valence-electron chi connectivity index (χ3n) is 3.48. The molecule has 0 saturated heterocycles. The summed E-state index contributed by atoms with van der Waals surface area (Å²) in [6, 6.07) is 5.04. The smallest absolute Gasteiger partial charge is 0.416 e. The van der Waals surface area contributed by atoms with E-state index in [1.165, 1.54) is 28.3 Å². The van der Waals surface area contributed by atoms with E-state index in [4.69, 9.17) is 4.74 Å². The van der Waals surface area contributed by atoms with Gasteiger partial charge in [0.2, 0.25) is 0 Å². The fraction of sp³-hybridized carbons (Fsp3) is 0.235. The first-order chi connectivity index (χ1) is 12.4. The number of hydrogen-bond donors (Lipinski definition) is 0. The van der Waals surface area contributed by atoms with Crippen molar-refractivity contribution in [3.05, 3.63) is 58.2 Å². The van der Waals surface area contributed by atoms with Crippen molar-refractivity contribution in [3.8, 4) is 11.3 Å². The standard InChI is InChI=1S/C17H14F3N3O2S/c1-2-25-16(24)12-7-21-23(8-12)9-15-22-14(10-26-15)11-4-3-5-13(6-11)17(18,19)20/h3-8,10H,2,9H2,1H3. The normalized spacial score (nSPS) is 11.5. The summed E-state index contributed by atoms with van der Waals surface area (Å²) in [6.07, 6.45) is -1.45. The van der Waals surface area contributed by atoms with Gasteiger partial charge in [-0.15, -0.1) is 11.3 Å². The second-order valence-electron chi connectivity index (χ2n) is 5.35. The molecule has 1 aromatic carbocycles. The zero-order chi connectivity index (χ0) is 18.7. The number of aromatic nitrogens is 3. The maximum atomic E-state index is 12.8. The van der Waals surface area contributed by atoms with Crippen LogP contribution in [0.5, 0.6) is 0 Å². The summed E-state index contributed by atoms with van der Waals surface area (Å²) in [5.74, 6) is -0.456. The van der Waals surface area contributed by atoms with E-state index < -0.39 is 17.7 Å². The number of alkyl halides is 3. The molecule has 0 atom stereocenters. The first-order valence-electron chi connectivity index (χ1n) is 7.68. The Morgan fingerprint density at radius 2 is 2.15 bits per heavy atom. The summed E-state index contributed by atoms with van der Waals surface area (Å²) < 4.78 is 44.9. The molecule has 2 heterocycles. The van der Waals surface area contributed by atoms with Crippen molar-refractivity contribution >= 4 is 17.3 Å². The Bertz CT molecular complexity index is 918. The molecular weight excluding hydrogens is 367 g/mol. The van der Waals surface area contributed by atoms with Gasteiger partial charge in [-0.1, -0.05) is 12.1 Å².